The van der Waals surface area contributed by atoms with E-state index in [9.17, 15) is 14.4 Å². The van der Waals surface area contributed by atoms with Crippen LogP contribution >= 0.6 is 0 Å². The molecule has 1 aromatic rings. The van der Waals surface area contributed by atoms with Gasteiger partial charge in [0, 0.05) is 6.04 Å². The van der Waals surface area contributed by atoms with Gasteiger partial charge < -0.3 is 15.4 Å². The minimum atomic E-state index is -1.19. The van der Waals surface area contributed by atoms with Crippen molar-refractivity contribution in [1.82, 2.24) is 15.5 Å². The van der Waals surface area contributed by atoms with Gasteiger partial charge in [0.15, 0.2) is 0 Å². The van der Waals surface area contributed by atoms with E-state index in [0.717, 1.165) is 24.2 Å². The molecule has 3 rings (SSSR count). The monoisotopic (exact) mass is 373 g/mol. The van der Waals surface area contributed by atoms with E-state index in [1.165, 1.54) is 6.42 Å². The largest absolute Gasteiger partial charge is 0.497 e. The van der Waals surface area contributed by atoms with Gasteiger partial charge in [-0.05, 0) is 43.4 Å². The number of amides is 4. The second kappa shape index (κ2) is 7.58. The molecule has 1 aliphatic heterocycles. The molecule has 7 heteroatoms. The molecule has 1 aromatic carbocycles. The third-order valence-electron chi connectivity index (χ3n) is 5.70. The summed E-state index contributed by atoms with van der Waals surface area (Å²) < 4.78 is 5.13. The summed E-state index contributed by atoms with van der Waals surface area (Å²) in [4.78, 5) is 38.7. The fraction of sp³-hybridized carbons (Fsp3) is 0.550. The third-order valence-corrected chi connectivity index (χ3v) is 5.70. The maximum Gasteiger partial charge on any atom is 0.325 e. The molecule has 1 saturated heterocycles. The van der Waals surface area contributed by atoms with Crippen LogP contribution in [0.1, 0.15) is 45.1 Å². The van der Waals surface area contributed by atoms with Crippen LogP contribution in [0.4, 0.5) is 4.79 Å². The molecule has 0 unspecified atom stereocenters. The number of hydrogen-bond donors (Lipinski definition) is 2. The average molecular weight is 373 g/mol. The Hall–Kier alpha value is -2.57. The first-order chi connectivity index (χ1) is 12.8. The van der Waals surface area contributed by atoms with Gasteiger partial charge in [0.05, 0.1) is 7.11 Å². The van der Waals surface area contributed by atoms with Gasteiger partial charge in [-0.25, -0.2) is 4.79 Å². The zero-order chi connectivity index (χ0) is 19.6. The van der Waals surface area contributed by atoms with Crippen molar-refractivity contribution in [3.8, 4) is 5.75 Å². The number of nitrogens with zero attached hydrogens (tertiary/aromatic N) is 1. The quantitative estimate of drug-likeness (QED) is 0.774. The van der Waals surface area contributed by atoms with Crippen LogP contribution < -0.4 is 15.4 Å². The Labute approximate surface area is 159 Å². The highest BCUT2D eigenvalue weighted by Crippen LogP contribution is 2.30. The Morgan fingerprint density at radius 2 is 1.93 bits per heavy atom. The first-order valence-corrected chi connectivity index (χ1v) is 9.43. The van der Waals surface area contributed by atoms with Crippen LogP contribution in [0.25, 0.3) is 0 Å². The Morgan fingerprint density at radius 1 is 1.26 bits per heavy atom. The van der Waals surface area contributed by atoms with Crippen molar-refractivity contribution in [3.63, 3.8) is 0 Å². The molecule has 1 heterocycles. The van der Waals surface area contributed by atoms with Crippen molar-refractivity contribution in [2.24, 2.45) is 5.92 Å². The van der Waals surface area contributed by atoms with Gasteiger partial charge in [-0.1, -0.05) is 31.9 Å². The molecule has 146 valence electrons. The summed E-state index contributed by atoms with van der Waals surface area (Å²) >= 11 is 0. The molecular weight excluding hydrogens is 346 g/mol. The van der Waals surface area contributed by atoms with E-state index in [0.29, 0.717) is 17.2 Å². The molecule has 3 atom stereocenters. The van der Waals surface area contributed by atoms with Gasteiger partial charge in [0.2, 0.25) is 5.91 Å². The predicted octanol–water partition coefficient (Wildman–Crippen LogP) is 2.16. The smallest absolute Gasteiger partial charge is 0.325 e. The van der Waals surface area contributed by atoms with Crippen molar-refractivity contribution in [2.45, 2.75) is 51.1 Å². The van der Waals surface area contributed by atoms with Gasteiger partial charge >= 0.3 is 6.03 Å². The second-order valence-corrected chi connectivity index (χ2v) is 7.61. The Kier molecular flexibility index (Phi) is 5.39. The summed E-state index contributed by atoms with van der Waals surface area (Å²) in [5, 5.41) is 5.71. The van der Waals surface area contributed by atoms with Crippen molar-refractivity contribution >= 4 is 17.8 Å². The van der Waals surface area contributed by atoms with Gasteiger partial charge in [-0.15, -0.1) is 0 Å². The number of imide groups is 1. The summed E-state index contributed by atoms with van der Waals surface area (Å²) in [6.45, 7) is 3.51. The summed E-state index contributed by atoms with van der Waals surface area (Å²) in [5.41, 5.74) is -0.549. The van der Waals surface area contributed by atoms with Gasteiger partial charge in [0.1, 0.15) is 17.8 Å². The van der Waals surface area contributed by atoms with Crippen molar-refractivity contribution in [2.75, 3.05) is 13.7 Å². The van der Waals surface area contributed by atoms with Crippen LogP contribution in [0.2, 0.25) is 0 Å². The molecule has 2 aliphatic rings. The number of hydrogen-bond acceptors (Lipinski definition) is 4. The maximum absolute atomic E-state index is 12.9. The number of urea groups is 1. The number of carbonyl (C=O) groups excluding carboxylic acids is 3. The molecule has 1 saturated carbocycles. The lowest BCUT2D eigenvalue weighted by molar-refractivity contribution is -0.135. The fourth-order valence-electron chi connectivity index (χ4n) is 3.89. The Bertz CT molecular complexity index is 733. The van der Waals surface area contributed by atoms with E-state index in [1.54, 1.807) is 38.3 Å². The molecular formula is C20H27N3O4. The topological polar surface area (TPSA) is 87.7 Å². The summed E-state index contributed by atoms with van der Waals surface area (Å²) in [6, 6.07) is 6.51. The number of benzene rings is 1. The van der Waals surface area contributed by atoms with Crippen molar-refractivity contribution < 1.29 is 19.1 Å². The zero-order valence-electron chi connectivity index (χ0n) is 16.1. The van der Waals surface area contributed by atoms with Crippen LogP contribution in [-0.4, -0.2) is 42.4 Å². The minimum absolute atomic E-state index is 0.111. The summed E-state index contributed by atoms with van der Waals surface area (Å²) in [7, 11) is 1.56. The molecule has 7 nitrogen and oxygen atoms in total. The number of rotatable bonds is 5. The maximum atomic E-state index is 12.9. The zero-order valence-corrected chi connectivity index (χ0v) is 16.1. The van der Waals surface area contributed by atoms with E-state index in [1.807, 2.05) is 0 Å². The van der Waals surface area contributed by atoms with Crippen LogP contribution in [0, 0.1) is 5.92 Å². The van der Waals surface area contributed by atoms with Crippen LogP contribution in [-0.2, 0) is 15.1 Å². The molecule has 2 N–H and O–H groups in total. The van der Waals surface area contributed by atoms with Crippen LogP contribution in [0.15, 0.2) is 24.3 Å². The highest BCUT2D eigenvalue weighted by molar-refractivity contribution is 6.09. The fourth-order valence-corrected chi connectivity index (χ4v) is 3.89. The molecule has 2 fully saturated rings. The standard InChI is InChI=1S/C20H27N3O4/c1-13-6-4-5-7-16(13)21-17(24)12-23-18(25)20(2,22-19(23)26)14-8-10-15(27-3)11-9-14/h8-11,13,16H,4-7,12H2,1-3H3,(H,21,24)(H,22,26)/t13-,16-,20+/m1/s1. The Morgan fingerprint density at radius 3 is 2.56 bits per heavy atom. The highest BCUT2D eigenvalue weighted by atomic mass is 16.5. The molecule has 0 radical (unpaired) electrons. The number of methoxy groups -OCH3 is 1. The first-order valence-electron chi connectivity index (χ1n) is 9.43. The summed E-state index contributed by atoms with van der Waals surface area (Å²) in [5.74, 6) is 0.355. The molecule has 4 amide bonds. The van der Waals surface area contributed by atoms with E-state index >= 15 is 0 Å². The number of ether oxygens (including phenoxy) is 1. The lowest BCUT2D eigenvalue weighted by Crippen LogP contribution is -2.47. The lowest BCUT2D eigenvalue weighted by atomic mass is 9.86. The molecule has 0 spiro atoms. The van der Waals surface area contributed by atoms with E-state index in [-0.39, 0.29) is 18.5 Å². The number of carbonyl (C=O) groups is 3. The second-order valence-electron chi connectivity index (χ2n) is 7.61. The predicted molar refractivity (Wildman–Crippen MR) is 100 cm³/mol. The normalized spacial score (nSPS) is 28.0. The molecule has 1 aliphatic carbocycles. The third kappa shape index (κ3) is 3.77. The number of nitrogens with one attached hydrogen (secondary N) is 2. The first kappa shape index (κ1) is 19.2. The van der Waals surface area contributed by atoms with Gasteiger partial charge in [-0.3, -0.25) is 14.5 Å². The SMILES string of the molecule is COc1ccc([C@]2(C)NC(=O)N(CC(=O)N[C@@H]3CCCC[C@H]3C)C2=O)cc1. The molecule has 27 heavy (non-hydrogen) atoms. The minimum Gasteiger partial charge on any atom is -0.497 e. The van der Waals surface area contributed by atoms with E-state index in [2.05, 4.69) is 17.6 Å². The van der Waals surface area contributed by atoms with E-state index < -0.39 is 17.5 Å². The van der Waals surface area contributed by atoms with Crippen LogP contribution in [0.3, 0.4) is 0 Å². The highest BCUT2D eigenvalue weighted by Gasteiger charge is 2.49. The van der Waals surface area contributed by atoms with Crippen LogP contribution in [0.5, 0.6) is 5.75 Å². The van der Waals surface area contributed by atoms with Crippen molar-refractivity contribution in [3.05, 3.63) is 29.8 Å². The molecule has 0 aromatic heterocycles. The average Bonchev–Trinajstić information content (AvgIpc) is 2.88. The molecule has 0 bridgehead atoms. The summed E-state index contributed by atoms with van der Waals surface area (Å²) in [6.07, 6.45) is 4.30. The lowest BCUT2D eigenvalue weighted by Gasteiger charge is -2.30. The van der Waals surface area contributed by atoms with Crippen molar-refractivity contribution in [1.29, 1.82) is 0 Å². The van der Waals surface area contributed by atoms with Gasteiger partial charge in [-0.2, -0.15) is 0 Å². The Balaban J connectivity index is 1.68. The van der Waals surface area contributed by atoms with Gasteiger partial charge in [0.25, 0.3) is 5.91 Å². The van der Waals surface area contributed by atoms with E-state index in [4.69, 9.17) is 4.74 Å².